The number of aliphatic hydroxyl groups is 1. The maximum Gasteiger partial charge on any atom is 0.370 e. The van der Waals surface area contributed by atoms with E-state index in [1.807, 2.05) is 6.07 Å². The minimum absolute atomic E-state index is 0.0523. The Kier molecular flexibility index (Phi) is 6.96. The number of benzene rings is 1. The van der Waals surface area contributed by atoms with Gasteiger partial charge in [-0.25, -0.2) is 4.79 Å². The topological polar surface area (TPSA) is 155 Å². The van der Waals surface area contributed by atoms with Crippen molar-refractivity contribution in [3.05, 3.63) is 23.3 Å². The van der Waals surface area contributed by atoms with Crippen LogP contribution < -0.4 is 20.4 Å². The number of nitrogens with one attached hydrogen (secondary N) is 1. The van der Waals surface area contributed by atoms with E-state index in [1.165, 1.54) is 0 Å². The zero-order chi connectivity index (χ0) is 21.0. The molecular formula is C18H25BN3O7. The maximum atomic E-state index is 11.7. The highest BCUT2D eigenvalue weighted by atomic mass is 16.5. The lowest BCUT2D eigenvalue weighted by Crippen LogP contribution is -2.55. The van der Waals surface area contributed by atoms with Gasteiger partial charge >= 0.3 is 19.4 Å². The van der Waals surface area contributed by atoms with E-state index in [9.17, 15) is 19.8 Å². The van der Waals surface area contributed by atoms with Crippen molar-refractivity contribution in [3.8, 4) is 11.5 Å². The number of carboxylic acids is 2. The molecule has 3 rings (SSSR count). The van der Waals surface area contributed by atoms with Gasteiger partial charge in [-0.05, 0) is 24.4 Å². The van der Waals surface area contributed by atoms with Gasteiger partial charge in [0, 0.05) is 32.6 Å². The molecule has 2 aliphatic rings. The summed E-state index contributed by atoms with van der Waals surface area (Å²) in [6.45, 7) is 2.33. The molecule has 10 nitrogen and oxygen atoms in total. The third-order valence-electron chi connectivity index (χ3n) is 4.97. The van der Waals surface area contributed by atoms with Crippen LogP contribution in [0.1, 0.15) is 22.3 Å². The van der Waals surface area contributed by atoms with Crippen LogP contribution in [0.3, 0.4) is 0 Å². The second-order valence-corrected chi connectivity index (χ2v) is 7.21. The molecule has 2 heterocycles. The number of aliphatic hydroxyl groups excluding tert-OH is 1. The number of aliphatic carboxylic acids is 1. The third kappa shape index (κ3) is 5.38. The Labute approximate surface area is 168 Å². The molecule has 1 saturated heterocycles. The normalized spacial score (nSPS) is 18.6. The average molecular weight is 406 g/mol. The maximum absolute atomic E-state index is 11.7. The van der Waals surface area contributed by atoms with Gasteiger partial charge in [-0.2, -0.15) is 0 Å². The highest BCUT2D eigenvalue weighted by molar-refractivity contribution is 6.29. The van der Waals surface area contributed by atoms with Gasteiger partial charge < -0.3 is 30.4 Å². The van der Waals surface area contributed by atoms with Gasteiger partial charge in [0.15, 0.2) is 0 Å². The Balaban J connectivity index is 1.44. The van der Waals surface area contributed by atoms with Crippen LogP contribution in [0.4, 0.5) is 0 Å². The SMILES string of the molecule is N[C@@H](CC(O)NCCN1CC(Oc2ccc3c(c2C(=O)O)O[B]CC3)C1)C(=O)O. The molecule has 1 unspecified atom stereocenters. The Bertz CT molecular complexity index is 757. The molecule has 11 heteroatoms. The summed E-state index contributed by atoms with van der Waals surface area (Å²) in [6.07, 6.45) is 0.290. The summed E-state index contributed by atoms with van der Waals surface area (Å²) in [5, 5.41) is 30.9. The van der Waals surface area contributed by atoms with Gasteiger partial charge in [-0.15, -0.1) is 0 Å². The quantitative estimate of drug-likeness (QED) is 0.245. The van der Waals surface area contributed by atoms with Gasteiger partial charge in [-0.1, -0.05) is 6.07 Å². The summed E-state index contributed by atoms with van der Waals surface area (Å²) in [4.78, 5) is 24.5. The molecule has 1 aromatic rings. The number of rotatable bonds is 10. The van der Waals surface area contributed by atoms with E-state index in [0.29, 0.717) is 37.7 Å². The summed E-state index contributed by atoms with van der Waals surface area (Å²) < 4.78 is 11.3. The highest BCUT2D eigenvalue weighted by Gasteiger charge is 2.31. The number of carboxylic acid groups (broad SMARTS) is 2. The smallest absolute Gasteiger partial charge is 0.370 e. The second kappa shape index (κ2) is 9.44. The lowest BCUT2D eigenvalue weighted by Gasteiger charge is -2.39. The predicted molar refractivity (Wildman–Crippen MR) is 103 cm³/mol. The Morgan fingerprint density at radius 3 is 2.83 bits per heavy atom. The molecular weight excluding hydrogens is 381 g/mol. The minimum atomic E-state index is -1.15. The van der Waals surface area contributed by atoms with Gasteiger partial charge in [0.2, 0.25) is 0 Å². The van der Waals surface area contributed by atoms with Crippen LogP contribution in [0.2, 0.25) is 6.32 Å². The van der Waals surface area contributed by atoms with E-state index in [1.54, 1.807) is 13.5 Å². The average Bonchev–Trinajstić information content (AvgIpc) is 2.65. The summed E-state index contributed by atoms with van der Waals surface area (Å²) >= 11 is 0. The van der Waals surface area contributed by atoms with E-state index in [0.717, 1.165) is 18.3 Å². The minimum Gasteiger partial charge on any atom is -0.562 e. The monoisotopic (exact) mass is 406 g/mol. The van der Waals surface area contributed by atoms with Crippen molar-refractivity contribution in [2.45, 2.75) is 37.5 Å². The number of hydrogen-bond donors (Lipinski definition) is 5. The molecule has 0 aliphatic carbocycles. The molecule has 1 radical (unpaired) electrons. The molecule has 0 saturated carbocycles. The number of fused-ring (bicyclic) bond motifs is 1. The summed E-state index contributed by atoms with van der Waals surface area (Å²) in [5.41, 5.74) is 6.29. The lowest BCUT2D eigenvalue weighted by atomic mass is 9.85. The van der Waals surface area contributed by atoms with E-state index in [4.69, 9.17) is 20.2 Å². The number of likely N-dealkylation sites (tertiary alicyclic amines) is 1. The van der Waals surface area contributed by atoms with Crippen molar-refractivity contribution < 1.29 is 34.3 Å². The zero-order valence-corrected chi connectivity index (χ0v) is 15.9. The Hall–Kier alpha value is -2.34. The van der Waals surface area contributed by atoms with Crippen molar-refractivity contribution in [2.24, 2.45) is 5.73 Å². The molecule has 1 aromatic carbocycles. The van der Waals surface area contributed by atoms with Crippen molar-refractivity contribution in [2.75, 3.05) is 26.2 Å². The van der Waals surface area contributed by atoms with Crippen LogP contribution >= 0.6 is 0 Å². The standard InChI is InChI=1S/C18H25BN3O7/c20-12(17(24)25)7-14(23)21-5-6-22-8-11(9-22)28-13-2-1-10-3-4-19-29-16(10)15(13)18(26)27/h1-2,11-12,14,21,23H,3-9,20H2,(H,24,25)(H,26,27)/t12-,14?/m0/s1. The number of carbonyl (C=O) groups is 2. The highest BCUT2D eigenvalue weighted by Crippen LogP contribution is 2.36. The summed E-state index contributed by atoms with van der Waals surface area (Å²) in [7, 11) is 1.61. The number of nitrogens with zero attached hydrogens (tertiary/aromatic N) is 1. The fourth-order valence-corrected chi connectivity index (χ4v) is 3.37. The van der Waals surface area contributed by atoms with Crippen LogP contribution in [-0.4, -0.2) is 84.2 Å². The van der Waals surface area contributed by atoms with E-state index < -0.39 is 24.2 Å². The van der Waals surface area contributed by atoms with Crippen LogP contribution in [0.5, 0.6) is 11.5 Å². The third-order valence-corrected chi connectivity index (χ3v) is 4.97. The molecule has 0 bridgehead atoms. The van der Waals surface area contributed by atoms with Crippen LogP contribution in [0.25, 0.3) is 0 Å². The zero-order valence-electron chi connectivity index (χ0n) is 15.9. The first-order valence-electron chi connectivity index (χ1n) is 9.51. The van der Waals surface area contributed by atoms with Crippen molar-refractivity contribution in [3.63, 3.8) is 0 Å². The molecule has 29 heavy (non-hydrogen) atoms. The van der Waals surface area contributed by atoms with Crippen molar-refractivity contribution in [1.82, 2.24) is 10.2 Å². The molecule has 6 N–H and O–H groups in total. The van der Waals surface area contributed by atoms with E-state index in [2.05, 4.69) is 10.2 Å². The molecule has 1 fully saturated rings. The number of nitrogens with two attached hydrogens (primary N) is 1. The first kappa shape index (κ1) is 21.4. The lowest BCUT2D eigenvalue weighted by molar-refractivity contribution is -0.139. The number of aromatic carboxylic acids is 1. The van der Waals surface area contributed by atoms with Crippen molar-refractivity contribution >= 4 is 19.4 Å². The molecule has 0 amide bonds. The van der Waals surface area contributed by atoms with Crippen LogP contribution in [-0.2, 0) is 11.2 Å². The summed E-state index contributed by atoms with van der Waals surface area (Å²) in [6, 6.07) is 2.41. The fourth-order valence-electron chi connectivity index (χ4n) is 3.37. The molecule has 157 valence electrons. The van der Waals surface area contributed by atoms with Crippen LogP contribution in [0.15, 0.2) is 12.1 Å². The first-order valence-corrected chi connectivity index (χ1v) is 9.51. The Morgan fingerprint density at radius 1 is 1.38 bits per heavy atom. The first-order chi connectivity index (χ1) is 13.8. The van der Waals surface area contributed by atoms with Gasteiger partial charge in [0.1, 0.15) is 35.4 Å². The van der Waals surface area contributed by atoms with E-state index in [-0.39, 0.29) is 18.1 Å². The largest absolute Gasteiger partial charge is 0.562 e. The van der Waals surface area contributed by atoms with Crippen molar-refractivity contribution in [1.29, 1.82) is 0 Å². The second-order valence-electron chi connectivity index (χ2n) is 7.21. The van der Waals surface area contributed by atoms with E-state index >= 15 is 0 Å². The number of aryl methyl sites for hydroxylation is 1. The predicted octanol–water partition coefficient (Wildman–Crippen LogP) is -0.870. The number of ether oxygens (including phenoxy) is 1. The fraction of sp³-hybridized carbons (Fsp3) is 0.556. The molecule has 2 aliphatic heterocycles. The molecule has 0 spiro atoms. The molecule has 2 atom stereocenters. The van der Waals surface area contributed by atoms with Crippen LogP contribution in [0, 0.1) is 0 Å². The number of hydrogen-bond acceptors (Lipinski definition) is 8. The van der Waals surface area contributed by atoms with Gasteiger partial charge in [-0.3, -0.25) is 15.0 Å². The van der Waals surface area contributed by atoms with Gasteiger partial charge in [0.25, 0.3) is 0 Å². The Morgan fingerprint density at radius 2 is 2.14 bits per heavy atom. The molecule has 0 aromatic heterocycles. The van der Waals surface area contributed by atoms with Gasteiger partial charge in [0.05, 0.1) is 0 Å². The summed E-state index contributed by atoms with van der Waals surface area (Å²) in [5.74, 6) is -1.58.